The molecule has 6 nitrogen and oxygen atoms in total. The molecule has 23 heavy (non-hydrogen) atoms. The van der Waals surface area contributed by atoms with E-state index in [0.717, 1.165) is 42.5 Å². The summed E-state index contributed by atoms with van der Waals surface area (Å²) in [5.74, 6) is 0.688. The first-order valence-electron chi connectivity index (χ1n) is 8.08. The van der Waals surface area contributed by atoms with Crippen LogP contribution in [0.5, 0.6) is 0 Å². The van der Waals surface area contributed by atoms with E-state index in [1.807, 2.05) is 25.3 Å². The molecule has 2 amide bonds. The van der Waals surface area contributed by atoms with Crippen LogP contribution in [0.3, 0.4) is 0 Å². The molecule has 0 saturated heterocycles. The number of pyridine rings is 1. The molecule has 3 rings (SSSR count). The van der Waals surface area contributed by atoms with Crippen molar-refractivity contribution in [2.24, 2.45) is 0 Å². The number of amides is 2. The van der Waals surface area contributed by atoms with E-state index in [9.17, 15) is 4.79 Å². The highest BCUT2D eigenvalue weighted by molar-refractivity contribution is 5.74. The summed E-state index contributed by atoms with van der Waals surface area (Å²) < 4.78 is 0. The molecule has 2 N–H and O–H groups in total. The van der Waals surface area contributed by atoms with Crippen molar-refractivity contribution in [2.45, 2.75) is 38.6 Å². The number of nitrogens with zero attached hydrogens (tertiary/aromatic N) is 3. The van der Waals surface area contributed by atoms with Crippen molar-refractivity contribution in [3.05, 3.63) is 42.0 Å². The normalized spacial score (nSPS) is 16.5. The van der Waals surface area contributed by atoms with E-state index in [1.54, 1.807) is 12.4 Å². The Morgan fingerprint density at radius 2 is 2.30 bits per heavy atom. The van der Waals surface area contributed by atoms with Crippen LogP contribution < -0.4 is 10.6 Å². The van der Waals surface area contributed by atoms with Crippen LogP contribution in [0.2, 0.25) is 0 Å². The number of aryl methyl sites for hydroxylation is 1. The minimum absolute atomic E-state index is 0.0152. The standard InChI is InChI=1S/C17H21N5O/c1-2-8-19-17(23)22-15-7-3-6-14-13(15)11-20-16(21-14)12-5-4-9-18-10-12/h4-5,9-11,15H,2-3,6-8H2,1H3,(H2,19,22,23)/t15-/m0/s1. The Kier molecular flexibility index (Phi) is 4.80. The summed E-state index contributed by atoms with van der Waals surface area (Å²) in [6.07, 6.45) is 9.10. The van der Waals surface area contributed by atoms with E-state index in [2.05, 4.69) is 25.6 Å². The summed E-state index contributed by atoms with van der Waals surface area (Å²) in [5.41, 5.74) is 2.95. The third-order valence-electron chi connectivity index (χ3n) is 3.94. The van der Waals surface area contributed by atoms with Crippen LogP contribution in [-0.4, -0.2) is 27.5 Å². The van der Waals surface area contributed by atoms with Crippen molar-refractivity contribution < 1.29 is 4.79 Å². The molecule has 2 heterocycles. The Morgan fingerprint density at radius 3 is 3.09 bits per heavy atom. The lowest BCUT2D eigenvalue weighted by Crippen LogP contribution is -2.39. The monoisotopic (exact) mass is 311 g/mol. The first kappa shape index (κ1) is 15.4. The minimum Gasteiger partial charge on any atom is -0.338 e. The van der Waals surface area contributed by atoms with Gasteiger partial charge in [0.2, 0.25) is 0 Å². The molecule has 120 valence electrons. The summed E-state index contributed by atoms with van der Waals surface area (Å²) in [7, 11) is 0. The number of rotatable bonds is 4. The minimum atomic E-state index is -0.124. The third-order valence-corrected chi connectivity index (χ3v) is 3.94. The lowest BCUT2D eigenvalue weighted by Gasteiger charge is -2.25. The maximum atomic E-state index is 11.9. The van der Waals surface area contributed by atoms with Gasteiger partial charge in [-0.2, -0.15) is 0 Å². The van der Waals surface area contributed by atoms with Gasteiger partial charge in [-0.25, -0.2) is 14.8 Å². The zero-order valence-electron chi connectivity index (χ0n) is 13.2. The second-order valence-electron chi connectivity index (χ2n) is 5.68. The molecule has 0 bridgehead atoms. The molecule has 6 heteroatoms. The molecule has 0 radical (unpaired) electrons. The van der Waals surface area contributed by atoms with Gasteiger partial charge in [-0.05, 0) is 37.8 Å². The average Bonchev–Trinajstić information content (AvgIpc) is 2.60. The number of carbonyl (C=O) groups excluding carboxylic acids is 1. The third kappa shape index (κ3) is 3.64. The number of hydrogen-bond acceptors (Lipinski definition) is 4. The number of nitrogens with one attached hydrogen (secondary N) is 2. The van der Waals surface area contributed by atoms with E-state index in [4.69, 9.17) is 0 Å². The predicted octanol–water partition coefficient (Wildman–Crippen LogP) is 2.63. The van der Waals surface area contributed by atoms with Gasteiger partial charge in [-0.15, -0.1) is 0 Å². The van der Waals surface area contributed by atoms with Crippen molar-refractivity contribution in [3.8, 4) is 11.4 Å². The highest BCUT2D eigenvalue weighted by atomic mass is 16.2. The summed E-state index contributed by atoms with van der Waals surface area (Å²) in [4.78, 5) is 25.1. The zero-order valence-corrected chi connectivity index (χ0v) is 13.2. The van der Waals surface area contributed by atoms with Gasteiger partial charge in [0.25, 0.3) is 0 Å². The van der Waals surface area contributed by atoms with Gasteiger partial charge in [-0.3, -0.25) is 4.98 Å². The molecule has 2 aromatic heterocycles. The number of fused-ring (bicyclic) bond motifs is 1. The van der Waals surface area contributed by atoms with Gasteiger partial charge in [0.1, 0.15) is 0 Å². The summed E-state index contributed by atoms with van der Waals surface area (Å²) in [6.45, 7) is 2.71. The van der Waals surface area contributed by atoms with E-state index < -0.39 is 0 Å². The van der Waals surface area contributed by atoms with Crippen LogP contribution >= 0.6 is 0 Å². The summed E-state index contributed by atoms with van der Waals surface area (Å²) in [5, 5.41) is 5.88. The Balaban J connectivity index is 1.79. The second kappa shape index (κ2) is 7.17. The lowest BCUT2D eigenvalue weighted by molar-refractivity contribution is 0.235. The molecule has 2 aromatic rings. The molecule has 0 aromatic carbocycles. The molecule has 0 unspecified atom stereocenters. The van der Waals surface area contributed by atoms with Crippen molar-refractivity contribution >= 4 is 6.03 Å². The quantitative estimate of drug-likeness (QED) is 0.909. The first-order chi connectivity index (χ1) is 11.3. The average molecular weight is 311 g/mol. The van der Waals surface area contributed by atoms with Crippen LogP contribution in [0.4, 0.5) is 4.79 Å². The SMILES string of the molecule is CCCNC(=O)N[C@H]1CCCc2nc(-c3cccnc3)ncc21. The fraction of sp³-hybridized carbons (Fsp3) is 0.412. The maximum absolute atomic E-state index is 11.9. The van der Waals surface area contributed by atoms with Gasteiger partial charge in [0.15, 0.2) is 5.82 Å². The molecule has 1 atom stereocenters. The highest BCUT2D eigenvalue weighted by Crippen LogP contribution is 2.29. The van der Waals surface area contributed by atoms with Gasteiger partial charge in [-0.1, -0.05) is 6.92 Å². The molecule has 0 saturated carbocycles. The van der Waals surface area contributed by atoms with Crippen LogP contribution in [0, 0.1) is 0 Å². The van der Waals surface area contributed by atoms with Gasteiger partial charge >= 0.3 is 6.03 Å². The number of urea groups is 1. The molecule has 1 aliphatic rings. The van der Waals surface area contributed by atoms with Gasteiger partial charge in [0.05, 0.1) is 6.04 Å². The van der Waals surface area contributed by atoms with Crippen LogP contribution in [-0.2, 0) is 6.42 Å². The van der Waals surface area contributed by atoms with Crippen molar-refractivity contribution in [1.29, 1.82) is 0 Å². The zero-order chi connectivity index (χ0) is 16.1. The Labute approximate surface area is 135 Å². The van der Waals surface area contributed by atoms with Crippen LogP contribution in [0.15, 0.2) is 30.7 Å². The molecule has 0 spiro atoms. The molecular weight excluding hydrogens is 290 g/mol. The van der Waals surface area contributed by atoms with Crippen molar-refractivity contribution in [2.75, 3.05) is 6.54 Å². The number of hydrogen-bond donors (Lipinski definition) is 2. The fourth-order valence-electron chi connectivity index (χ4n) is 2.78. The summed E-state index contributed by atoms with van der Waals surface area (Å²) in [6, 6.07) is 3.69. The smallest absolute Gasteiger partial charge is 0.315 e. The molecule has 0 aliphatic heterocycles. The maximum Gasteiger partial charge on any atom is 0.315 e. The number of aromatic nitrogens is 3. The van der Waals surface area contributed by atoms with Crippen molar-refractivity contribution in [3.63, 3.8) is 0 Å². The van der Waals surface area contributed by atoms with Crippen LogP contribution in [0.25, 0.3) is 11.4 Å². The lowest BCUT2D eigenvalue weighted by atomic mass is 9.92. The molecule has 1 aliphatic carbocycles. The van der Waals surface area contributed by atoms with E-state index in [1.165, 1.54) is 0 Å². The topological polar surface area (TPSA) is 79.8 Å². The molecule has 0 fully saturated rings. The van der Waals surface area contributed by atoms with E-state index in [-0.39, 0.29) is 12.1 Å². The van der Waals surface area contributed by atoms with Gasteiger partial charge < -0.3 is 10.6 Å². The second-order valence-corrected chi connectivity index (χ2v) is 5.68. The predicted molar refractivity (Wildman–Crippen MR) is 87.8 cm³/mol. The fourth-order valence-corrected chi connectivity index (χ4v) is 2.78. The van der Waals surface area contributed by atoms with E-state index >= 15 is 0 Å². The Bertz CT molecular complexity index is 674. The molecular formula is C17H21N5O. The first-order valence-corrected chi connectivity index (χ1v) is 8.08. The highest BCUT2D eigenvalue weighted by Gasteiger charge is 2.23. The summed E-state index contributed by atoms with van der Waals surface area (Å²) >= 11 is 0. The Hall–Kier alpha value is -2.50. The Morgan fingerprint density at radius 1 is 1.39 bits per heavy atom. The van der Waals surface area contributed by atoms with Crippen LogP contribution in [0.1, 0.15) is 43.5 Å². The van der Waals surface area contributed by atoms with Gasteiger partial charge in [0, 0.05) is 42.0 Å². The number of carbonyl (C=O) groups is 1. The van der Waals surface area contributed by atoms with Crippen molar-refractivity contribution in [1.82, 2.24) is 25.6 Å². The van der Waals surface area contributed by atoms with E-state index in [0.29, 0.717) is 12.4 Å². The largest absolute Gasteiger partial charge is 0.338 e.